The van der Waals surface area contributed by atoms with Crippen molar-refractivity contribution in [3.63, 3.8) is 0 Å². The molecular weight excluding hydrogens is 192 g/mol. The first-order valence-electron chi connectivity index (χ1n) is 4.76. The average molecular weight is 204 g/mol. The minimum atomic E-state index is 0.418. The molecule has 5 nitrogen and oxygen atoms in total. The standard InChI is InChI=1S/C10H12N4O/c1-3-8-13-14-10(15-8)7-5-4-6(2)12-9(7)11/h4-5H,3H2,1-2H3,(H2,11,12). The summed E-state index contributed by atoms with van der Waals surface area (Å²) in [5.74, 6) is 1.45. The monoisotopic (exact) mass is 204 g/mol. The molecule has 0 aliphatic carbocycles. The zero-order chi connectivity index (χ0) is 10.8. The lowest BCUT2D eigenvalue weighted by atomic mass is 10.2. The second kappa shape index (κ2) is 3.68. The molecule has 0 spiro atoms. The van der Waals surface area contributed by atoms with E-state index in [9.17, 15) is 0 Å². The first-order chi connectivity index (χ1) is 7.20. The van der Waals surface area contributed by atoms with Crippen LogP contribution in [0, 0.1) is 6.92 Å². The van der Waals surface area contributed by atoms with E-state index in [0.717, 1.165) is 5.69 Å². The van der Waals surface area contributed by atoms with E-state index in [1.54, 1.807) is 0 Å². The van der Waals surface area contributed by atoms with Gasteiger partial charge in [-0.3, -0.25) is 0 Å². The Morgan fingerprint density at radius 3 is 2.73 bits per heavy atom. The Balaban J connectivity index is 2.44. The number of aryl methyl sites for hydroxylation is 2. The number of rotatable bonds is 2. The molecule has 5 heteroatoms. The van der Waals surface area contributed by atoms with Gasteiger partial charge in [0.1, 0.15) is 5.82 Å². The Morgan fingerprint density at radius 2 is 2.13 bits per heavy atom. The van der Waals surface area contributed by atoms with Gasteiger partial charge in [-0.15, -0.1) is 10.2 Å². The van der Waals surface area contributed by atoms with Crippen LogP contribution in [0.5, 0.6) is 0 Å². The zero-order valence-electron chi connectivity index (χ0n) is 8.69. The van der Waals surface area contributed by atoms with Crippen molar-refractivity contribution >= 4 is 5.82 Å². The molecule has 2 heterocycles. The van der Waals surface area contributed by atoms with E-state index in [2.05, 4.69) is 15.2 Å². The maximum Gasteiger partial charge on any atom is 0.251 e. The first-order valence-corrected chi connectivity index (χ1v) is 4.76. The summed E-state index contributed by atoms with van der Waals surface area (Å²) in [6.07, 6.45) is 0.714. The van der Waals surface area contributed by atoms with Crippen LogP contribution in [0.4, 0.5) is 5.82 Å². The van der Waals surface area contributed by atoms with E-state index in [1.807, 2.05) is 26.0 Å². The molecule has 0 fully saturated rings. The van der Waals surface area contributed by atoms with Crippen LogP contribution in [0.15, 0.2) is 16.5 Å². The van der Waals surface area contributed by atoms with Crippen LogP contribution in [0.3, 0.4) is 0 Å². The molecule has 0 unspecified atom stereocenters. The van der Waals surface area contributed by atoms with E-state index >= 15 is 0 Å². The molecular formula is C10H12N4O. The number of aromatic nitrogens is 3. The van der Waals surface area contributed by atoms with E-state index in [1.165, 1.54) is 0 Å². The molecule has 78 valence electrons. The van der Waals surface area contributed by atoms with Gasteiger partial charge in [0, 0.05) is 12.1 Å². The van der Waals surface area contributed by atoms with Gasteiger partial charge in [0.15, 0.2) is 0 Å². The summed E-state index contributed by atoms with van der Waals surface area (Å²) in [5.41, 5.74) is 7.32. The van der Waals surface area contributed by atoms with Crippen LogP contribution < -0.4 is 5.73 Å². The summed E-state index contributed by atoms with van der Waals surface area (Å²) >= 11 is 0. The van der Waals surface area contributed by atoms with Crippen molar-refractivity contribution in [1.82, 2.24) is 15.2 Å². The molecule has 2 aromatic heterocycles. The van der Waals surface area contributed by atoms with Crippen molar-refractivity contribution < 1.29 is 4.42 Å². The van der Waals surface area contributed by atoms with Crippen LogP contribution in [-0.4, -0.2) is 15.2 Å². The Labute approximate surface area is 87.3 Å². The maximum absolute atomic E-state index is 5.77. The zero-order valence-corrected chi connectivity index (χ0v) is 8.69. The summed E-state index contributed by atoms with van der Waals surface area (Å²) in [6.45, 7) is 3.83. The third-order valence-corrected chi connectivity index (χ3v) is 2.06. The van der Waals surface area contributed by atoms with Crippen molar-refractivity contribution in [3.05, 3.63) is 23.7 Å². The fourth-order valence-electron chi connectivity index (χ4n) is 1.26. The average Bonchev–Trinajstić information content (AvgIpc) is 2.66. The smallest absolute Gasteiger partial charge is 0.251 e. The second-order valence-electron chi connectivity index (χ2n) is 3.24. The van der Waals surface area contributed by atoms with E-state index in [0.29, 0.717) is 29.6 Å². The SMILES string of the molecule is CCc1nnc(-c2ccc(C)nc2N)o1. The van der Waals surface area contributed by atoms with Gasteiger partial charge in [0.2, 0.25) is 5.89 Å². The van der Waals surface area contributed by atoms with Crippen molar-refractivity contribution in [1.29, 1.82) is 0 Å². The topological polar surface area (TPSA) is 77.8 Å². The van der Waals surface area contributed by atoms with Gasteiger partial charge in [-0.1, -0.05) is 6.92 Å². The molecule has 0 atom stereocenters. The summed E-state index contributed by atoms with van der Waals surface area (Å²) in [4.78, 5) is 4.14. The highest BCUT2D eigenvalue weighted by atomic mass is 16.4. The molecule has 2 rings (SSSR count). The molecule has 15 heavy (non-hydrogen) atoms. The maximum atomic E-state index is 5.77. The van der Waals surface area contributed by atoms with Gasteiger partial charge < -0.3 is 10.2 Å². The second-order valence-corrected chi connectivity index (χ2v) is 3.24. The van der Waals surface area contributed by atoms with Gasteiger partial charge in [0.25, 0.3) is 5.89 Å². The van der Waals surface area contributed by atoms with Crippen LogP contribution in [0.25, 0.3) is 11.5 Å². The molecule has 2 N–H and O–H groups in total. The summed E-state index contributed by atoms with van der Waals surface area (Å²) in [7, 11) is 0. The molecule has 0 aliphatic rings. The number of nitrogens with zero attached hydrogens (tertiary/aromatic N) is 3. The number of nitrogen functional groups attached to an aromatic ring is 1. The first kappa shape index (κ1) is 9.64. The number of hydrogen-bond donors (Lipinski definition) is 1. The van der Waals surface area contributed by atoms with Crippen LogP contribution in [0.1, 0.15) is 18.5 Å². The fraction of sp³-hybridized carbons (Fsp3) is 0.300. The predicted molar refractivity (Wildman–Crippen MR) is 56.1 cm³/mol. The van der Waals surface area contributed by atoms with E-state index in [-0.39, 0.29) is 0 Å². The lowest BCUT2D eigenvalue weighted by molar-refractivity contribution is 0.513. The molecule has 0 amide bonds. The van der Waals surface area contributed by atoms with Crippen molar-refractivity contribution in [2.24, 2.45) is 0 Å². The van der Waals surface area contributed by atoms with Crippen LogP contribution in [0.2, 0.25) is 0 Å². The normalized spacial score (nSPS) is 10.5. The minimum Gasteiger partial charge on any atom is -0.421 e. The van der Waals surface area contributed by atoms with Gasteiger partial charge in [0.05, 0.1) is 5.56 Å². The third kappa shape index (κ3) is 1.81. The highest BCUT2D eigenvalue weighted by Gasteiger charge is 2.11. The number of pyridine rings is 1. The molecule has 0 aliphatic heterocycles. The van der Waals surface area contributed by atoms with Gasteiger partial charge >= 0.3 is 0 Å². The van der Waals surface area contributed by atoms with Crippen molar-refractivity contribution in [3.8, 4) is 11.5 Å². The molecule has 0 radical (unpaired) electrons. The Bertz CT molecular complexity index is 478. The molecule has 0 saturated carbocycles. The molecule has 0 aromatic carbocycles. The number of anilines is 1. The lowest BCUT2D eigenvalue weighted by Crippen LogP contribution is -1.95. The van der Waals surface area contributed by atoms with Gasteiger partial charge in [-0.05, 0) is 19.1 Å². The molecule has 0 bridgehead atoms. The highest BCUT2D eigenvalue weighted by molar-refractivity contribution is 5.66. The Morgan fingerprint density at radius 1 is 1.33 bits per heavy atom. The van der Waals surface area contributed by atoms with Gasteiger partial charge in [-0.25, -0.2) is 4.98 Å². The van der Waals surface area contributed by atoms with Crippen molar-refractivity contribution in [2.45, 2.75) is 20.3 Å². The highest BCUT2D eigenvalue weighted by Crippen LogP contribution is 2.23. The lowest BCUT2D eigenvalue weighted by Gasteiger charge is -2.00. The van der Waals surface area contributed by atoms with Gasteiger partial charge in [-0.2, -0.15) is 0 Å². The quantitative estimate of drug-likeness (QED) is 0.803. The fourth-order valence-corrected chi connectivity index (χ4v) is 1.26. The van der Waals surface area contributed by atoms with E-state index < -0.39 is 0 Å². The molecule has 0 saturated heterocycles. The van der Waals surface area contributed by atoms with Crippen LogP contribution >= 0.6 is 0 Å². The third-order valence-electron chi connectivity index (χ3n) is 2.06. The predicted octanol–water partition coefficient (Wildman–Crippen LogP) is 1.58. The van der Waals surface area contributed by atoms with E-state index in [4.69, 9.17) is 10.2 Å². The van der Waals surface area contributed by atoms with Crippen LogP contribution in [-0.2, 0) is 6.42 Å². The minimum absolute atomic E-state index is 0.418. The Kier molecular flexibility index (Phi) is 2.37. The largest absolute Gasteiger partial charge is 0.421 e. The molecule has 2 aromatic rings. The number of nitrogens with two attached hydrogens (primary N) is 1. The summed E-state index contributed by atoms with van der Waals surface area (Å²) < 4.78 is 5.40. The van der Waals surface area contributed by atoms with Crippen molar-refractivity contribution in [2.75, 3.05) is 5.73 Å². The summed E-state index contributed by atoms with van der Waals surface area (Å²) in [6, 6.07) is 3.70. The Hall–Kier alpha value is -1.91. The number of hydrogen-bond acceptors (Lipinski definition) is 5. The summed E-state index contributed by atoms with van der Waals surface area (Å²) in [5, 5.41) is 7.79.